The Labute approximate surface area is 118 Å². The SMILES string of the molecule is CCCN1CCC(NC(=O)c2cc(S)cs2)CC1. The average molecular weight is 284 g/mol. The zero-order valence-electron chi connectivity index (χ0n) is 10.7. The van der Waals surface area contributed by atoms with E-state index in [1.807, 2.05) is 11.4 Å². The van der Waals surface area contributed by atoms with E-state index >= 15 is 0 Å². The number of carbonyl (C=O) groups is 1. The van der Waals surface area contributed by atoms with Gasteiger partial charge >= 0.3 is 0 Å². The fourth-order valence-corrected chi connectivity index (χ4v) is 3.37. The van der Waals surface area contributed by atoms with Gasteiger partial charge < -0.3 is 10.2 Å². The number of thiophene rings is 1. The van der Waals surface area contributed by atoms with Crippen molar-refractivity contribution in [1.29, 1.82) is 0 Å². The van der Waals surface area contributed by atoms with Crippen LogP contribution in [0, 0.1) is 0 Å². The first-order chi connectivity index (χ1) is 8.69. The molecule has 2 rings (SSSR count). The Kier molecular flexibility index (Phi) is 5.09. The molecule has 1 aromatic rings. The van der Waals surface area contributed by atoms with Crippen molar-refractivity contribution in [3.63, 3.8) is 0 Å². The first-order valence-corrected chi connectivity index (χ1v) is 7.82. The third kappa shape index (κ3) is 3.73. The van der Waals surface area contributed by atoms with Crippen molar-refractivity contribution in [3.05, 3.63) is 16.3 Å². The summed E-state index contributed by atoms with van der Waals surface area (Å²) in [6, 6.07) is 2.16. The molecular weight excluding hydrogens is 264 g/mol. The lowest BCUT2D eigenvalue weighted by Gasteiger charge is -2.31. The molecule has 1 aliphatic heterocycles. The molecule has 1 amide bonds. The maximum atomic E-state index is 12.0. The molecule has 1 aliphatic rings. The van der Waals surface area contributed by atoms with Gasteiger partial charge in [-0.2, -0.15) is 0 Å². The summed E-state index contributed by atoms with van der Waals surface area (Å²) in [5.74, 6) is 0.0502. The number of thiol groups is 1. The minimum atomic E-state index is 0.0502. The highest BCUT2D eigenvalue weighted by molar-refractivity contribution is 7.80. The summed E-state index contributed by atoms with van der Waals surface area (Å²) in [4.78, 5) is 16.1. The second-order valence-corrected chi connectivity index (χ2v) is 6.19. The van der Waals surface area contributed by atoms with Crippen LogP contribution < -0.4 is 5.32 Å². The second kappa shape index (κ2) is 6.59. The molecule has 0 bridgehead atoms. The molecule has 1 saturated heterocycles. The van der Waals surface area contributed by atoms with Gasteiger partial charge in [-0.25, -0.2) is 0 Å². The number of nitrogens with one attached hydrogen (secondary N) is 1. The zero-order chi connectivity index (χ0) is 13.0. The minimum absolute atomic E-state index is 0.0502. The Morgan fingerprint density at radius 2 is 2.28 bits per heavy atom. The minimum Gasteiger partial charge on any atom is -0.349 e. The first kappa shape index (κ1) is 13.9. The van der Waals surface area contributed by atoms with Crippen molar-refractivity contribution in [1.82, 2.24) is 10.2 Å². The van der Waals surface area contributed by atoms with Crippen molar-refractivity contribution in [3.8, 4) is 0 Å². The van der Waals surface area contributed by atoms with Gasteiger partial charge in [0.15, 0.2) is 0 Å². The number of amides is 1. The van der Waals surface area contributed by atoms with Crippen molar-refractivity contribution < 1.29 is 4.79 Å². The maximum Gasteiger partial charge on any atom is 0.261 e. The Balaban J connectivity index is 1.79. The molecule has 3 nitrogen and oxygen atoms in total. The maximum absolute atomic E-state index is 12.0. The molecule has 0 atom stereocenters. The van der Waals surface area contributed by atoms with Crippen LogP contribution in [0.25, 0.3) is 0 Å². The molecule has 5 heteroatoms. The molecule has 2 heterocycles. The van der Waals surface area contributed by atoms with Crippen LogP contribution in [0.3, 0.4) is 0 Å². The van der Waals surface area contributed by atoms with Crippen LogP contribution in [-0.4, -0.2) is 36.5 Å². The van der Waals surface area contributed by atoms with Gasteiger partial charge in [-0.1, -0.05) is 6.92 Å². The quantitative estimate of drug-likeness (QED) is 0.833. The molecule has 0 radical (unpaired) electrons. The van der Waals surface area contributed by atoms with E-state index in [0.717, 1.165) is 35.7 Å². The number of carbonyl (C=O) groups excluding carboxylic acids is 1. The average Bonchev–Trinajstić information content (AvgIpc) is 2.79. The summed E-state index contributed by atoms with van der Waals surface area (Å²) < 4.78 is 0. The van der Waals surface area contributed by atoms with Gasteiger partial charge in [0.1, 0.15) is 0 Å². The Morgan fingerprint density at radius 1 is 1.56 bits per heavy atom. The highest BCUT2D eigenvalue weighted by Gasteiger charge is 2.20. The van der Waals surface area contributed by atoms with Gasteiger partial charge in [0.2, 0.25) is 0 Å². The van der Waals surface area contributed by atoms with Crippen molar-refractivity contribution in [2.45, 2.75) is 37.1 Å². The summed E-state index contributed by atoms with van der Waals surface area (Å²) in [6.07, 6.45) is 3.33. The van der Waals surface area contributed by atoms with Crippen LogP contribution >= 0.6 is 24.0 Å². The van der Waals surface area contributed by atoms with Crippen molar-refractivity contribution in [2.24, 2.45) is 0 Å². The third-order valence-corrected chi connectivity index (χ3v) is 4.63. The zero-order valence-corrected chi connectivity index (χ0v) is 12.4. The van der Waals surface area contributed by atoms with Gasteiger partial charge in [-0.3, -0.25) is 4.79 Å². The van der Waals surface area contributed by atoms with E-state index < -0.39 is 0 Å². The second-order valence-electron chi connectivity index (χ2n) is 4.76. The summed E-state index contributed by atoms with van der Waals surface area (Å²) in [6.45, 7) is 5.58. The van der Waals surface area contributed by atoms with E-state index in [2.05, 4.69) is 29.8 Å². The molecule has 0 unspecified atom stereocenters. The number of rotatable bonds is 4. The van der Waals surface area contributed by atoms with E-state index in [0.29, 0.717) is 6.04 Å². The number of hydrogen-bond donors (Lipinski definition) is 2. The van der Waals surface area contributed by atoms with Crippen LogP contribution in [0.5, 0.6) is 0 Å². The largest absolute Gasteiger partial charge is 0.349 e. The molecule has 1 N–H and O–H groups in total. The standard InChI is InChI=1S/C13H20N2OS2/c1-2-5-15-6-3-10(4-7-15)14-13(16)12-8-11(17)9-18-12/h8-10,17H,2-7H2,1H3,(H,14,16). The highest BCUT2D eigenvalue weighted by Crippen LogP contribution is 2.18. The number of likely N-dealkylation sites (tertiary alicyclic amines) is 1. The fourth-order valence-electron chi connectivity index (χ4n) is 2.32. The van der Waals surface area contributed by atoms with Gasteiger partial charge in [0.05, 0.1) is 4.88 Å². The summed E-state index contributed by atoms with van der Waals surface area (Å²) >= 11 is 5.68. The fraction of sp³-hybridized carbons (Fsp3) is 0.615. The van der Waals surface area contributed by atoms with Crippen LogP contribution in [-0.2, 0) is 0 Å². The van der Waals surface area contributed by atoms with Gasteiger partial charge in [0.25, 0.3) is 5.91 Å². The van der Waals surface area contributed by atoms with Crippen molar-refractivity contribution >= 4 is 29.9 Å². The highest BCUT2D eigenvalue weighted by atomic mass is 32.1. The Bertz CT molecular complexity index is 397. The molecule has 0 aromatic carbocycles. The Morgan fingerprint density at radius 3 is 2.83 bits per heavy atom. The Hall–Kier alpha value is -0.520. The van der Waals surface area contributed by atoms with Crippen LogP contribution in [0.2, 0.25) is 0 Å². The van der Waals surface area contributed by atoms with E-state index in [1.54, 1.807) is 0 Å². The summed E-state index contributed by atoms with van der Waals surface area (Å²) in [5.41, 5.74) is 0. The van der Waals surface area contributed by atoms with Crippen LogP contribution in [0.15, 0.2) is 16.3 Å². The molecule has 0 spiro atoms. The molecule has 18 heavy (non-hydrogen) atoms. The molecule has 1 aromatic heterocycles. The molecule has 0 saturated carbocycles. The monoisotopic (exact) mass is 284 g/mol. The predicted octanol–water partition coefficient (Wildman–Crippen LogP) is 2.64. The first-order valence-electron chi connectivity index (χ1n) is 6.49. The number of piperidine rings is 1. The molecular formula is C13H20N2OS2. The van der Waals surface area contributed by atoms with E-state index in [4.69, 9.17) is 0 Å². The topological polar surface area (TPSA) is 32.3 Å². The van der Waals surface area contributed by atoms with E-state index in [9.17, 15) is 4.79 Å². The summed E-state index contributed by atoms with van der Waals surface area (Å²) in [5, 5.41) is 5.01. The lowest BCUT2D eigenvalue weighted by molar-refractivity contribution is 0.0915. The van der Waals surface area contributed by atoms with Crippen LogP contribution in [0.1, 0.15) is 35.9 Å². The van der Waals surface area contributed by atoms with E-state index in [1.165, 1.54) is 24.3 Å². The predicted molar refractivity (Wildman–Crippen MR) is 78.8 cm³/mol. The number of nitrogens with zero attached hydrogens (tertiary/aromatic N) is 1. The lowest BCUT2D eigenvalue weighted by Crippen LogP contribution is -2.44. The number of hydrogen-bond acceptors (Lipinski definition) is 4. The normalized spacial score (nSPS) is 17.9. The van der Waals surface area contributed by atoms with Crippen LogP contribution in [0.4, 0.5) is 0 Å². The third-order valence-electron chi connectivity index (χ3n) is 3.27. The van der Waals surface area contributed by atoms with Gasteiger partial charge in [-0.15, -0.1) is 24.0 Å². The molecule has 1 fully saturated rings. The molecule has 0 aliphatic carbocycles. The molecule has 100 valence electrons. The lowest BCUT2D eigenvalue weighted by atomic mass is 10.0. The van der Waals surface area contributed by atoms with E-state index in [-0.39, 0.29) is 5.91 Å². The summed E-state index contributed by atoms with van der Waals surface area (Å²) in [7, 11) is 0. The smallest absolute Gasteiger partial charge is 0.261 e. The van der Waals surface area contributed by atoms with Crippen molar-refractivity contribution in [2.75, 3.05) is 19.6 Å². The van der Waals surface area contributed by atoms with Gasteiger partial charge in [0, 0.05) is 29.4 Å². The van der Waals surface area contributed by atoms with Gasteiger partial charge in [-0.05, 0) is 31.9 Å².